The van der Waals surface area contributed by atoms with Crippen LogP contribution >= 0.6 is 0 Å². The summed E-state index contributed by atoms with van der Waals surface area (Å²) >= 11 is 0. The molecule has 92 valence electrons. The van der Waals surface area contributed by atoms with Crippen LogP contribution in [0.3, 0.4) is 0 Å². The Labute approximate surface area is 101 Å². The summed E-state index contributed by atoms with van der Waals surface area (Å²) in [4.78, 5) is 24.8. The molecule has 0 bridgehead atoms. The average Bonchev–Trinajstić information content (AvgIpc) is 2.35. The van der Waals surface area contributed by atoms with Gasteiger partial charge in [-0.15, -0.1) is 0 Å². The van der Waals surface area contributed by atoms with E-state index in [0.717, 1.165) is 5.56 Å². The molecule has 1 atom stereocenters. The van der Waals surface area contributed by atoms with Gasteiger partial charge in [-0.25, -0.2) is 0 Å². The van der Waals surface area contributed by atoms with Crippen LogP contribution in [0.5, 0.6) is 0 Å². The Balaban J connectivity index is 2.82. The first-order valence-corrected chi connectivity index (χ1v) is 5.64. The van der Waals surface area contributed by atoms with Crippen molar-refractivity contribution in [1.29, 1.82) is 0 Å². The Hall–Kier alpha value is -1.84. The molecule has 1 aromatic carbocycles. The molecule has 1 unspecified atom stereocenters. The van der Waals surface area contributed by atoms with Crippen LogP contribution in [0, 0.1) is 0 Å². The number of carbonyl (C=O) groups excluding carboxylic acids is 2. The van der Waals surface area contributed by atoms with Gasteiger partial charge in [0.2, 0.25) is 11.8 Å². The van der Waals surface area contributed by atoms with Crippen molar-refractivity contribution in [2.75, 3.05) is 13.6 Å². The van der Waals surface area contributed by atoms with Gasteiger partial charge in [0.1, 0.15) is 0 Å². The largest absolute Gasteiger partial charge is 0.369 e. The normalized spacial score (nSPS) is 11.9. The number of primary amides is 1. The molecule has 0 saturated carbocycles. The van der Waals surface area contributed by atoms with Crippen LogP contribution < -0.4 is 5.73 Å². The minimum absolute atomic E-state index is 0.0693. The predicted molar refractivity (Wildman–Crippen MR) is 66.3 cm³/mol. The molecule has 17 heavy (non-hydrogen) atoms. The van der Waals surface area contributed by atoms with Gasteiger partial charge in [-0.1, -0.05) is 30.3 Å². The highest BCUT2D eigenvalue weighted by molar-refractivity contribution is 5.88. The van der Waals surface area contributed by atoms with Gasteiger partial charge < -0.3 is 10.6 Å². The first-order valence-electron chi connectivity index (χ1n) is 5.64. The highest BCUT2D eigenvalue weighted by Crippen LogP contribution is 2.19. The molecule has 0 aromatic heterocycles. The van der Waals surface area contributed by atoms with Crippen molar-refractivity contribution in [3.63, 3.8) is 0 Å². The van der Waals surface area contributed by atoms with E-state index in [-0.39, 0.29) is 12.3 Å². The summed E-state index contributed by atoms with van der Waals surface area (Å²) in [6, 6.07) is 9.16. The Bertz CT molecular complexity index is 390. The van der Waals surface area contributed by atoms with Crippen molar-refractivity contribution >= 4 is 11.8 Å². The summed E-state index contributed by atoms with van der Waals surface area (Å²) in [6.07, 6.45) is 0.129. The van der Waals surface area contributed by atoms with Crippen molar-refractivity contribution in [1.82, 2.24) is 4.90 Å². The van der Waals surface area contributed by atoms with Gasteiger partial charge >= 0.3 is 0 Å². The highest BCUT2D eigenvalue weighted by Gasteiger charge is 2.22. The van der Waals surface area contributed by atoms with Crippen molar-refractivity contribution in [2.45, 2.75) is 19.3 Å². The van der Waals surface area contributed by atoms with Crippen LogP contribution in [0.1, 0.15) is 24.8 Å². The van der Waals surface area contributed by atoms with E-state index < -0.39 is 11.8 Å². The molecule has 0 saturated heterocycles. The van der Waals surface area contributed by atoms with Crippen LogP contribution in [0.25, 0.3) is 0 Å². The molecule has 0 radical (unpaired) electrons. The third kappa shape index (κ3) is 3.59. The van der Waals surface area contributed by atoms with E-state index in [1.165, 1.54) is 0 Å². The Morgan fingerprint density at radius 1 is 1.29 bits per heavy atom. The molecule has 0 heterocycles. The van der Waals surface area contributed by atoms with Gasteiger partial charge in [0.05, 0.1) is 5.92 Å². The quantitative estimate of drug-likeness (QED) is 0.830. The second-order valence-corrected chi connectivity index (χ2v) is 3.98. The van der Waals surface area contributed by atoms with E-state index in [1.54, 1.807) is 11.9 Å². The molecule has 1 rings (SSSR count). The molecule has 0 aliphatic heterocycles. The lowest BCUT2D eigenvalue weighted by Gasteiger charge is -2.18. The maximum Gasteiger partial charge on any atom is 0.225 e. The Morgan fingerprint density at radius 2 is 1.88 bits per heavy atom. The number of nitrogens with zero attached hydrogens (tertiary/aromatic N) is 1. The molecule has 2 N–H and O–H groups in total. The van der Waals surface area contributed by atoms with Crippen LogP contribution in [-0.2, 0) is 9.59 Å². The number of benzene rings is 1. The van der Waals surface area contributed by atoms with Crippen molar-refractivity contribution < 1.29 is 9.59 Å². The van der Waals surface area contributed by atoms with Gasteiger partial charge in [0, 0.05) is 20.0 Å². The fraction of sp³-hybridized carbons (Fsp3) is 0.385. The van der Waals surface area contributed by atoms with Crippen molar-refractivity contribution in [3.8, 4) is 0 Å². The van der Waals surface area contributed by atoms with Gasteiger partial charge in [-0.05, 0) is 12.5 Å². The van der Waals surface area contributed by atoms with Crippen LogP contribution in [0.4, 0.5) is 0 Å². The molecular formula is C13H18N2O2. The lowest BCUT2D eigenvalue weighted by Crippen LogP contribution is -2.31. The van der Waals surface area contributed by atoms with Crippen LogP contribution in [0.15, 0.2) is 30.3 Å². The van der Waals surface area contributed by atoms with E-state index in [2.05, 4.69) is 0 Å². The van der Waals surface area contributed by atoms with Gasteiger partial charge in [0.25, 0.3) is 0 Å². The van der Waals surface area contributed by atoms with E-state index in [1.807, 2.05) is 37.3 Å². The summed E-state index contributed by atoms with van der Waals surface area (Å²) < 4.78 is 0. The first-order chi connectivity index (χ1) is 8.06. The maximum atomic E-state index is 11.8. The summed E-state index contributed by atoms with van der Waals surface area (Å²) in [5, 5.41) is 0. The summed E-state index contributed by atoms with van der Waals surface area (Å²) in [5.41, 5.74) is 6.14. The van der Waals surface area contributed by atoms with E-state index >= 15 is 0 Å². The minimum atomic E-state index is -0.544. The standard InChI is InChI=1S/C13H18N2O2/c1-3-15(2)12(16)9-11(13(14)17)10-7-5-4-6-8-10/h4-8,11H,3,9H2,1-2H3,(H2,14,17). The van der Waals surface area contributed by atoms with Crippen LogP contribution in [0.2, 0.25) is 0 Å². The third-order valence-corrected chi connectivity index (χ3v) is 2.82. The smallest absolute Gasteiger partial charge is 0.225 e. The SMILES string of the molecule is CCN(C)C(=O)CC(C(N)=O)c1ccccc1. The fourth-order valence-corrected chi connectivity index (χ4v) is 1.57. The number of carbonyl (C=O) groups is 2. The molecule has 1 aromatic rings. The maximum absolute atomic E-state index is 11.8. The molecule has 4 nitrogen and oxygen atoms in total. The zero-order chi connectivity index (χ0) is 12.8. The van der Waals surface area contributed by atoms with E-state index in [4.69, 9.17) is 5.73 Å². The predicted octanol–water partition coefficient (Wildman–Crippen LogP) is 1.12. The summed E-state index contributed by atoms with van der Waals surface area (Å²) in [5.74, 6) is -1.08. The van der Waals surface area contributed by atoms with Crippen molar-refractivity contribution in [3.05, 3.63) is 35.9 Å². The fourth-order valence-electron chi connectivity index (χ4n) is 1.57. The topological polar surface area (TPSA) is 63.4 Å². The zero-order valence-electron chi connectivity index (χ0n) is 10.2. The second kappa shape index (κ2) is 6.03. The zero-order valence-corrected chi connectivity index (χ0v) is 10.2. The molecule has 4 heteroatoms. The van der Waals surface area contributed by atoms with Crippen molar-refractivity contribution in [2.24, 2.45) is 5.73 Å². The molecule has 0 spiro atoms. The van der Waals surface area contributed by atoms with Crippen LogP contribution in [-0.4, -0.2) is 30.3 Å². The number of rotatable bonds is 5. The lowest BCUT2D eigenvalue weighted by molar-refractivity contribution is -0.132. The Morgan fingerprint density at radius 3 is 2.35 bits per heavy atom. The molecule has 0 aliphatic carbocycles. The number of amides is 2. The van der Waals surface area contributed by atoms with Gasteiger partial charge in [0.15, 0.2) is 0 Å². The lowest BCUT2D eigenvalue weighted by atomic mass is 9.94. The average molecular weight is 234 g/mol. The molecule has 0 aliphatic rings. The Kier molecular flexibility index (Phi) is 4.69. The number of nitrogens with two attached hydrogens (primary N) is 1. The second-order valence-electron chi connectivity index (χ2n) is 3.98. The molecule has 0 fully saturated rings. The highest BCUT2D eigenvalue weighted by atomic mass is 16.2. The summed E-state index contributed by atoms with van der Waals surface area (Å²) in [6.45, 7) is 2.51. The number of hydrogen-bond acceptors (Lipinski definition) is 2. The van der Waals surface area contributed by atoms with E-state index in [0.29, 0.717) is 6.54 Å². The first kappa shape index (κ1) is 13.2. The monoisotopic (exact) mass is 234 g/mol. The van der Waals surface area contributed by atoms with Gasteiger partial charge in [-0.2, -0.15) is 0 Å². The van der Waals surface area contributed by atoms with E-state index in [9.17, 15) is 9.59 Å². The third-order valence-electron chi connectivity index (χ3n) is 2.82. The number of hydrogen-bond donors (Lipinski definition) is 1. The van der Waals surface area contributed by atoms with Gasteiger partial charge in [-0.3, -0.25) is 9.59 Å². The summed E-state index contributed by atoms with van der Waals surface area (Å²) in [7, 11) is 1.71. The minimum Gasteiger partial charge on any atom is -0.369 e. The molecular weight excluding hydrogens is 216 g/mol. The molecule has 2 amide bonds.